The van der Waals surface area contributed by atoms with Crippen LogP contribution in [0.2, 0.25) is 0 Å². The number of hydrogen-bond acceptors (Lipinski definition) is 4. The molecule has 7 heteroatoms. The molecule has 1 aromatic rings. The highest BCUT2D eigenvalue weighted by Crippen LogP contribution is 2.32. The summed E-state index contributed by atoms with van der Waals surface area (Å²) in [5, 5.41) is 0. The minimum Gasteiger partial charge on any atom is -0.368 e. The number of primary amides is 1. The summed E-state index contributed by atoms with van der Waals surface area (Å²) >= 11 is 0. The number of aromatic nitrogens is 2. The lowest BCUT2D eigenvalue weighted by atomic mass is 10.0. The molecule has 0 radical (unpaired) electrons. The van der Waals surface area contributed by atoms with Crippen LogP contribution in [0, 0.1) is 6.92 Å². The smallest absolute Gasteiger partial charge is 0.250 e. The number of carbonyl (C=O) groups excluding carboxylic acids is 1. The van der Waals surface area contributed by atoms with Crippen LogP contribution in [0.5, 0.6) is 0 Å². The first kappa shape index (κ1) is 13.8. The number of rotatable bonds is 3. The summed E-state index contributed by atoms with van der Waals surface area (Å²) < 4.78 is 26.3. The Balaban J connectivity index is 2.17. The molecule has 2 rings (SSSR count). The van der Waals surface area contributed by atoms with Crippen molar-refractivity contribution < 1.29 is 13.6 Å². The van der Waals surface area contributed by atoms with E-state index in [1.54, 1.807) is 11.8 Å². The van der Waals surface area contributed by atoms with Gasteiger partial charge in [0.15, 0.2) is 0 Å². The predicted molar refractivity (Wildman–Crippen MR) is 64.5 cm³/mol. The number of amides is 1. The fourth-order valence-electron chi connectivity index (χ4n) is 2.21. The summed E-state index contributed by atoms with van der Waals surface area (Å²) in [6.45, 7) is 1.99. The van der Waals surface area contributed by atoms with E-state index >= 15 is 0 Å². The monoisotopic (exact) mass is 270 g/mol. The van der Waals surface area contributed by atoms with Crippen molar-refractivity contribution in [3.05, 3.63) is 23.8 Å². The van der Waals surface area contributed by atoms with Crippen molar-refractivity contribution in [1.29, 1.82) is 0 Å². The van der Waals surface area contributed by atoms with Crippen molar-refractivity contribution in [3.63, 3.8) is 0 Å². The molecule has 0 bridgehead atoms. The number of carbonyl (C=O) groups is 1. The van der Waals surface area contributed by atoms with Crippen LogP contribution in [0.4, 0.5) is 8.78 Å². The van der Waals surface area contributed by atoms with E-state index < -0.39 is 17.9 Å². The first-order valence-electron chi connectivity index (χ1n) is 6.09. The molecular weight excluding hydrogens is 254 g/mol. The zero-order valence-electron chi connectivity index (χ0n) is 10.6. The van der Waals surface area contributed by atoms with E-state index in [0.29, 0.717) is 11.4 Å². The number of piperidine rings is 1. The van der Waals surface area contributed by atoms with Gasteiger partial charge >= 0.3 is 0 Å². The highest BCUT2D eigenvalue weighted by molar-refractivity contribution is 5.81. The normalized spacial score (nSPS) is 21.0. The summed E-state index contributed by atoms with van der Waals surface area (Å²) in [6, 6.07) is -0.739. The second-order valence-corrected chi connectivity index (χ2v) is 4.76. The molecule has 1 aromatic heterocycles. The highest BCUT2D eigenvalue weighted by Gasteiger charge is 2.38. The Morgan fingerprint density at radius 1 is 1.37 bits per heavy atom. The van der Waals surface area contributed by atoms with Crippen LogP contribution >= 0.6 is 0 Å². The number of likely N-dealkylation sites (tertiary alicyclic amines) is 1. The van der Waals surface area contributed by atoms with Gasteiger partial charge in [0.2, 0.25) is 5.91 Å². The molecule has 1 saturated heterocycles. The number of nitrogens with two attached hydrogens (primary N) is 1. The Hall–Kier alpha value is -1.63. The van der Waals surface area contributed by atoms with Crippen molar-refractivity contribution in [1.82, 2.24) is 14.9 Å². The van der Waals surface area contributed by atoms with E-state index in [-0.39, 0.29) is 25.9 Å². The summed E-state index contributed by atoms with van der Waals surface area (Å²) in [4.78, 5) is 21.3. The van der Waals surface area contributed by atoms with Gasteiger partial charge in [-0.1, -0.05) is 0 Å². The van der Waals surface area contributed by atoms with Gasteiger partial charge in [0.05, 0.1) is 0 Å². The Kier molecular flexibility index (Phi) is 3.75. The molecule has 2 N–H and O–H groups in total. The molecular formula is C12H16F2N4O. The maximum absolute atomic E-state index is 13.1. The predicted octanol–water partition coefficient (Wildman–Crippen LogP) is 1.04. The molecule has 2 heterocycles. The van der Waals surface area contributed by atoms with Crippen LogP contribution in [-0.2, 0) is 4.79 Å². The van der Waals surface area contributed by atoms with E-state index in [0.717, 1.165) is 0 Å². The lowest BCUT2D eigenvalue weighted by Crippen LogP contribution is -2.45. The zero-order chi connectivity index (χ0) is 14.0. The van der Waals surface area contributed by atoms with Gasteiger partial charge in [0.25, 0.3) is 5.92 Å². The van der Waals surface area contributed by atoms with Crippen LogP contribution in [0.15, 0.2) is 12.4 Å². The lowest BCUT2D eigenvalue weighted by molar-refractivity contribution is -0.127. The number of hydrogen-bond donors (Lipinski definition) is 1. The van der Waals surface area contributed by atoms with Crippen molar-refractivity contribution in [2.24, 2.45) is 5.73 Å². The fourth-order valence-corrected chi connectivity index (χ4v) is 2.21. The van der Waals surface area contributed by atoms with E-state index in [9.17, 15) is 13.6 Å². The van der Waals surface area contributed by atoms with Crippen molar-refractivity contribution in [3.8, 4) is 0 Å². The van der Waals surface area contributed by atoms with Gasteiger partial charge in [0.1, 0.15) is 11.9 Å². The molecule has 0 saturated carbocycles. The molecule has 1 amide bonds. The van der Waals surface area contributed by atoms with E-state index in [1.807, 2.05) is 0 Å². The summed E-state index contributed by atoms with van der Waals surface area (Å²) in [6.07, 6.45) is 2.52. The fraction of sp³-hybridized carbons (Fsp3) is 0.583. The van der Waals surface area contributed by atoms with Crippen LogP contribution in [0.1, 0.15) is 30.3 Å². The van der Waals surface area contributed by atoms with Crippen molar-refractivity contribution in [2.45, 2.75) is 31.7 Å². The van der Waals surface area contributed by atoms with Crippen molar-refractivity contribution in [2.75, 3.05) is 13.1 Å². The second kappa shape index (κ2) is 5.16. The Labute approximate surface area is 109 Å². The Morgan fingerprint density at radius 2 is 1.89 bits per heavy atom. The summed E-state index contributed by atoms with van der Waals surface area (Å²) in [5.74, 6) is -2.64. The van der Waals surface area contributed by atoms with E-state index in [1.165, 1.54) is 12.4 Å². The first-order valence-corrected chi connectivity index (χ1v) is 6.09. The van der Waals surface area contributed by atoms with Gasteiger partial charge in [-0.15, -0.1) is 0 Å². The molecule has 1 atom stereocenters. The average molecular weight is 270 g/mol. The quantitative estimate of drug-likeness (QED) is 0.890. The van der Waals surface area contributed by atoms with Crippen LogP contribution in [-0.4, -0.2) is 39.8 Å². The molecule has 0 aliphatic carbocycles. The maximum atomic E-state index is 13.1. The third-order valence-electron chi connectivity index (χ3n) is 3.28. The number of aryl methyl sites for hydroxylation is 1. The van der Waals surface area contributed by atoms with Gasteiger partial charge in [-0.05, 0) is 6.92 Å². The molecule has 19 heavy (non-hydrogen) atoms. The largest absolute Gasteiger partial charge is 0.368 e. The lowest BCUT2D eigenvalue weighted by Gasteiger charge is -2.35. The minimum absolute atomic E-state index is 0.133. The van der Waals surface area contributed by atoms with E-state index in [2.05, 4.69) is 9.97 Å². The van der Waals surface area contributed by atoms with Gasteiger partial charge < -0.3 is 5.73 Å². The van der Waals surface area contributed by atoms with Crippen molar-refractivity contribution >= 4 is 5.91 Å². The summed E-state index contributed by atoms with van der Waals surface area (Å²) in [7, 11) is 0. The van der Waals surface area contributed by atoms with Crippen LogP contribution in [0.3, 0.4) is 0 Å². The average Bonchev–Trinajstić information content (AvgIpc) is 2.33. The molecule has 1 unspecified atom stereocenters. The van der Waals surface area contributed by atoms with Crippen LogP contribution < -0.4 is 5.73 Å². The molecule has 5 nitrogen and oxygen atoms in total. The maximum Gasteiger partial charge on any atom is 0.250 e. The van der Waals surface area contributed by atoms with Gasteiger partial charge in [-0.2, -0.15) is 0 Å². The van der Waals surface area contributed by atoms with Gasteiger partial charge in [-0.3, -0.25) is 9.69 Å². The standard InChI is InChI=1S/C12H16F2N4O/c1-8-16-6-9(7-17-8)10(11(15)19)18-4-2-12(13,14)3-5-18/h6-7,10H,2-5H2,1H3,(H2,15,19). The molecule has 1 aliphatic rings. The zero-order valence-corrected chi connectivity index (χ0v) is 10.6. The molecule has 0 aromatic carbocycles. The minimum atomic E-state index is -2.65. The second-order valence-electron chi connectivity index (χ2n) is 4.76. The van der Waals surface area contributed by atoms with E-state index in [4.69, 9.17) is 5.73 Å². The number of nitrogens with zero attached hydrogens (tertiary/aromatic N) is 3. The topological polar surface area (TPSA) is 72.1 Å². The van der Waals surface area contributed by atoms with Gasteiger partial charge in [-0.25, -0.2) is 18.7 Å². The Bertz CT molecular complexity index is 453. The third-order valence-corrected chi connectivity index (χ3v) is 3.28. The highest BCUT2D eigenvalue weighted by atomic mass is 19.3. The third kappa shape index (κ3) is 3.23. The molecule has 1 fully saturated rings. The first-order chi connectivity index (χ1) is 8.89. The molecule has 0 spiro atoms. The SMILES string of the molecule is Cc1ncc(C(C(N)=O)N2CCC(F)(F)CC2)cn1. The Morgan fingerprint density at radius 3 is 2.37 bits per heavy atom. The van der Waals surface area contributed by atoms with Gasteiger partial charge in [0, 0.05) is 43.9 Å². The number of halogens is 2. The molecule has 1 aliphatic heterocycles. The molecule has 104 valence electrons. The number of alkyl halides is 2. The van der Waals surface area contributed by atoms with Crippen LogP contribution in [0.25, 0.3) is 0 Å². The summed E-state index contributed by atoms with van der Waals surface area (Å²) in [5.41, 5.74) is 5.93.